The molecule has 2 aromatic heterocycles. The molecule has 4 rings (SSSR count). The normalized spacial score (nSPS) is 16.0. The van der Waals surface area contributed by atoms with Crippen molar-refractivity contribution in [3.8, 4) is 11.6 Å². The van der Waals surface area contributed by atoms with Gasteiger partial charge in [-0.1, -0.05) is 22.8 Å². The highest BCUT2D eigenvalue weighted by Crippen LogP contribution is 2.28. The summed E-state index contributed by atoms with van der Waals surface area (Å²) in [7, 11) is 0. The van der Waals surface area contributed by atoms with Gasteiger partial charge in [0.2, 0.25) is 0 Å². The molecule has 0 aliphatic carbocycles. The van der Waals surface area contributed by atoms with Crippen molar-refractivity contribution in [1.29, 1.82) is 0 Å². The minimum atomic E-state index is -0.373. The molecule has 3 heterocycles. The third-order valence-electron chi connectivity index (χ3n) is 4.78. The van der Waals surface area contributed by atoms with Crippen molar-refractivity contribution in [3.63, 3.8) is 0 Å². The second kappa shape index (κ2) is 7.70. The summed E-state index contributed by atoms with van der Waals surface area (Å²) in [4.78, 5) is 15.3. The first kappa shape index (κ1) is 18.0. The van der Waals surface area contributed by atoms with Crippen molar-refractivity contribution in [2.45, 2.75) is 32.2 Å². The first-order valence-corrected chi connectivity index (χ1v) is 9.25. The van der Waals surface area contributed by atoms with Gasteiger partial charge >= 0.3 is 0 Å². The predicted octanol–water partition coefficient (Wildman–Crippen LogP) is 4.01. The molecular weight excluding hydrogens is 369 g/mol. The molecule has 0 saturated carbocycles. The van der Waals surface area contributed by atoms with E-state index in [0.29, 0.717) is 24.0 Å². The molecule has 6 nitrogen and oxygen atoms in total. The lowest BCUT2D eigenvalue weighted by atomic mass is 9.96. The van der Waals surface area contributed by atoms with Gasteiger partial charge in [0.05, 0.1) is 16.9 Å². The van der Waals surface area contributed by atoms with Gasteiger partial charge in [-0.2, -0.15) is 4.98 Å². The number of likely N-dealkylation sites (tertiary alicyclic amines) is 1. The Morgan fingerprint density at radius 1 is 1.22 bits per heavy atom. The number of hydrogen-bond acceptors (Lipinski definition) is 6. The molecule has 0 unspecified atom stereocenters. The molecule has 27 heavy (non-hydrogen) atoms. The van der Waals surface area contributed by atoms with E-state index in [9.17, 15) is 4.39 Å². The number of aryl methyl sites for hydroxylation is 1. The molecule has 0 atom stereocenters. The van der Waals surface area contributed by atoms with E-state index < -0.39 is 0 Å². The van der Waals surface area contributed by atoms with E-state index in [4.69, 9.17) is 16.1 Å². The van der Waals surface area contributed by atoms with Crippen molar-refractivity contribution in [2.75, 3.05) is 13.1 Å². The van der Waals surface area contributed by atoms with Crippen LogP contribution >= 0.6 is 11.6 Å². The van der Waals surface area contributed by atoms with E-state index in [0.717, 1.165) is 37.2 Å². The number of aromatic nitrogens is 4. The topological polar surface area (TPSA) is 67.9 Å². The fourth-order valence-corrected chi connectivity index (χ4v) is 3.37. The standard InChI is InChI=1S/C19H19ClFN5O/c1-12-9-23-17(10-22-12)19-24-18(25-27-19)14-4-6-26(7-5-14)11-13-2-3-15(20)16(21)8-13/h2-3,8-10,14H,4-7,11H2,1H3. The number of piperidine rings is 1. The Balaban J connectivity index is 1.36. The zero-order valence-electron chi connectivity index (χ0n) is 14.9. The number of hydrogen-bond donors (Lipinski definition) is 0. The summed E-state index contributed by atoms with van der Waals surface area (Å²) < 4.78 is 19.0. The zero-order valence-corrected chi connectivity index (χ0v) is 15.7. The molecular formula is C19H19ClFN5O. The van der Waals surface area contributed by atoms with Gasteiger partial charge in [-0.05, 0) is 50.6 Å². The Labute approximate surface area is 161 Å². The van der Waals surface area contributed by atoms with E-state index in [2.05, 4.69) is 25.0 Å². The van der Waals surface area contributed by atoms with Gasteiger partial charge in [-0.3, -0.25) is 9.88 Å². The van der Waals surface area contributed by atoms with E-state index in [1.54, 1.807) is 18.5 Å². The Kier molecular flexibility index (Phi) is 5.13. The van der Waals surface area contributed by atoms with Crippen molar-refractivity contribution in [3.05, 3.63) is 58.5 Å². The van der Waals surface area contributed by atoms with E-state index in [1.165, 1.54) is 6.07 Å². The minimum Gasteiger partial charge on any atom is -0.332 e. The molecule has 0 spiro atoms. The van der Waals surface area contributed by atoms with Crippen LogP contribution in [0.1, 0.15) is 35.8 Å². The van der Waals surface area contributed by atoms with Crippen molar-refractivity contribution >= 4 is 11.6 Å². The van der Waals surface area contributed by atoms with Gasteiger partial charge in [0.25, 0.3) is 5.89 Å². The SMILES string of the molecule is Cc1cnc(-c2nc(C3CCN(Cc4ccc(Cl)c(F)c4)CC3)no2)cn1. The molecule has 140 valence electrons. The van der Waals surface area contributed by atoms with Crippen LogP contribution in [0.15, 0.2) is 35.1 Å². The monoisotopic (exact) mass is 387 g/mol. The van der Waals surface area contributed by atoms with Crippen LogP contribution in [0.4, 0.5) is 4.39 Å². The van der Waals surface area contributed by atoms with E-state index in [1.807, 2.05) is 13.0 Å². The lowest BCUT2D eigenvalue weighted by Gasteiger charge is -2.30. The second-order valence-electron chi connectivity index (χ2n) is 6.80. The first-order valence-electron chi connectivity index (χ1n) is 8.87. The maximum atomic E-state index is 13.6. The number of benzene rings is 1. The van der Waals surface area contributed by atoms with Crippen LogP contribution in [0.3, 0.4) is 0 Å². The summed E-state index contributed by atoms with van der Waals surface area (Å²) in [5.74, 6) is 0.989. The van der Waals surface area contributed by atoms with E-state index in [-0.39, 0.29) is 16.8 Å². The average Bonchev–Trinajstić information content (AvgIpc) is 3.16. The smallest absolute Gasteiger partial charge is 0.278 e. The molecule has 8 heteroatoms. The predicted molar refractivity (Wildman–Crippen MR) is 98.7 cm³/mol. The molecule has 1 saturated heterocycles. The minimum absolute atomic E-state index is 0.156. The van der Waals surface area contributed by atoms with Crippen LogP contribution in [0.25, 0.3) is 11.6 Å². The number of rotatable bonds is 4. The van der Waals surface area contributed by atoms with Crippen LogP contribution < -0.4 is 0 Å². The maximum Gasteiger partial charge on any atom is 0.278 e. The highest BCUT2D eigenvalue weighted by Gasteiger charge is 2.25. The summed E-state index contributed by atoms with van der Waals surface area (Å²) in [6.07, 6.45) is 5.17. The first-order chi connectivity index (χ1) is 13.1. The van der Waals surface area contributed by atoms with Crippen LogP contribution in [0, 0.1) is 12.7 Å². The summed E-state index contributed by atoms with van der Waals surface area (Å²) in [6.45, 7) is 4.37. The third-order valence-corrected chi connectivity index (χ3v) is 5.09. The largest absolute Gasteiger partial charge is 0.332 e. The van der Waals surface area contributed by atoms with Gasteiger partial charge in [-0.25, -0.2) is 9.37 Å². The number of nitrogens with zero attached hydrogens (tertiary/aromatic N) is 5. The second-order valence-corrected chi connectivity index (χ2v) is 7.21. The zero-order chi connectivity index (χ0) is 18.8. The Hall–Kier alpha value is -2.38. The summed E-state index contributed by atoms with van der Waals surface area (Å²) in [5, 5.41) is 4.29. The fourth-order valence-electron chi connectivity index (χ4n) is 3.25. The molecule has 1 aromatic carbocycles. The summed E-state index contributed by atoms with van der Waals surface area (Å²) in [5.41, 5.74) is 2.35. The lowest BCUT2D eigenvalue weighted by molar-refractivity contribution is 0.200. The lowest BCUT2D eigenvalue weighted by Crippen LogP contribution is -2.32. The fraction of sp³-hybridized carbons (Fsp3) is 0.368. The number of halogens is 2. The van der Waals surface area contributed by atoms with Gasteiger partial charge < -0.3 is 4.52 Å². The highest BCUT2D eigenvalue weighted by atomic mass is 35.5. The molecule has 0 N–H and O–H groups in total. The van der Waals surface area contributed by atoms with Crippen molar-refractivity contribution in [2.24, 2.45) is 0 Å². The van der Waals surface area contributed by atoms with Crippen molar-refractivity contribution < 1.29 is 8.91 Å². The summed E-state index contributed by atoms with van der Waals surface area (Å²) in [6, 6.07) is 4.97. The third kappa shape index (κ3) is 4.14. The Morgan fingerprint density at radius 3 is 2.74 bits per heavy atom. The van der Waals surface area contributed by atoms with Gasteiger partial charge in [-0.15, -0.1) is 0 Å². The van der Waals surface area contributed by atoms with E-state index >= 15 is 0 Å². The van der Waals surface area contributed by atoms with Gasteiger partial charge in [0, 0.05) is 18.7 Å². The molecule has 1 fully saturated rings. The van der Waals surface area contributed by atoms with Crippen LogP contribution in [-0.2, 0) is 6.54 Å². The van der Waals surface area contributed by atoms with Crippen LogP contribution in [0.2, 0.25) is 5.02 Å². The van der Waals surface area contributed by atoms with Gasteiger partial charge in [0.15, 0.2) is 5.82 Å². The molecule has 0 radical (unpaired) electrons. The average molecular weight is 388 g/mol. The van der Waals surface area contributed by atoms with Crippen LogP contribution in [-0.4, -0.2) is 38.1 Å². The Bertz CT molecular complexity index is 922. The Morgan fingerprint density at radius 2 is 2.04 bits per heavy atom. The van der Waals surface area contributed by atoms with Crippen LogP contribution in [0.5, 0.6) is 0 Å². The van der Waals surface area contributed by atoms with Crippen molar-refractivity contribution in [1.82, 2.24) is 25.0 Å². The highest BCUT2D eigenvalue weighted by molar-refractivity contribution is 6.30. The molecule has 0 bridgehead atoms. The summed E-state index contributed by atoms with van der Waals surface area (Å²) >= 11 is 5.74. The van der Waals surface area contributed by atoms with Gasteiger partial charge in [0.1, 0.15) is 11.5 Å². The molecule has 1 aliphatic rings. The molecule has 3 aromatic rings. The quantitative estimate of drug-likeness (QED) is 0.673. The molecule has 1 aliphatic heterocycles. The maximum absolute atomic E-state index is 13.6. The molecule has 0 amide bonds.